The number of hydrogen-bond acceptors (Lipinski definition) is 2. The summed E-state index contributed by atoms with van der Waals surface area (Å²) in [6, 6.07) is 7.04. The molecule has 0 bridgehead atoms. The topological polar surface area (TPSA) is 21.3 Å². The van der Waals surface area contributed by atoms with E-state index in [9.17, 15) is 0 Å². The van der Waals surface area contributed by atoms with Gasteiger partial charge in [0.1, 0.15) is 5.75 Å². The number of methoxy groups -OCH3 is 1. The van der Waals surface area contributed by atoms with Crippen LogP contribution in [-0.4, -0.2) is 20.2 Å². The third-order valence-electron chi connectivity index (χ3n) is 4.22. The van der Waals surface area contributed by atoms with Gasteiger partial charge < -0.3 is 10.1 Å². The van der Waals surface area contributed by atoms with E-state index in [1.165, 1.54) is 24.0 Å². The third kappa shape index (κ3) is 2.47. The minimum Gasteiger partial charge on any atom is -0.496 e. The van der Waals surface area contributed by atoms with Crippen LogP contribution in [0.5, 0.6) is 5.75 Å². The number of hydrogen-bond donors (Lipinski definition) is 1. The fraction of sp³-hybridized carbons (Fsp3) is 0.600. The molecule has 1 aromatic rings. The van der Waals surface area contributed by atoms with Crippen LogP contribution < -0.4 is 10.1 Å². The summed E-state index contributed by atoms with van der Waals surface area (Å²) in [5.41, 5.74) is 3.12. The smallest absolute Gasteiger partial charge is 0.122 e. The largest absolute Gasteiger partial charge is 0.496 e. The average Bonchev–Trinajstić information content (AvgIpc) is 3.09. The molecule has 1 unspecified atom stereocenters. The first-order valence-electron chi connectivity index (χ1n) is 6.42. The van der Waals surface area contributed by atoms with Gasteiger partial charge in [0.2, 0.25) is 0 Å². The zero-order valence-corrected chi connectivity index (χ0v) is 11.3. The normalized spacial score (nSPS) is 18.8. The molecule has 0 spiro atoms. The van der Waals surface area contributed by atoms with Crippen molar-refractivity contribution in [2.24, 2.45) is 5.41 Å². The summed E-state index contributed by atoms with van der Waals surface area (Å²) in [4.78, 5) is 0. The zero-order valence-electron chi connectivity index (χ0n) is 11.3. The van der Waals surface area contributed by atoms with Gasteiger partial charge in [-0.1, -0.05) is 17.7 Å². The fourth-order valence-electron chi connectivity index (χ4n) is 2.65. The molecule has 1 aromatic carbocycles. The van der Waals surface area contributed by atoms with Crippen LogP contribution in [0.2, 0.25) is 0 Å². The predicted octanol–water partition coefficient (Wildman–Crippen LogP) is 2.93. The molecule has 0 heterocycles. The molecule has 2 heteroatoms. The summed E-state index contributed by atoms with van der Waals surface area (Å²) in [5, 5.41) is 3.40. The molecule has 0 amide bonds. The summed E-state index contributed by atoms with van der Waals surface area (Å²) in [5.74, 6) is 1.03. The molecule has 1 aliphatic rings. The minimum absolute atomic E-state index is 0.454. The lowest BCUT2D eigenvalue weighted by molar-refractivity contribution is 0.357. The van der Waals surface area contributed by atoms with Gasteiger partial charge in [0.15, 0.2) is 0 Å². The molecule has 1 N–H and O–H groups in total. The molecule has 1 atom stereocenters. The van der Waals surface area contributed by atoms with Gasteiger partial charge in [-0.3, -0.25) is 0 Å². The van der Waals surface area contributed by atoms with Crippen LogP contribution in [-0.2, 0) is 6.42 Å². The van der Waals surface area contributed by atoms with E-state index >= 15 is 0 Å². The maximum Gasteiger partial charge on any atom is 0.122 e. The molecule has 94 valence electrons. The first-order chi connectivity index (χ1) is 8.11. The van der Waals surface area contributed by atoms with E-state index in [2.05, 4.69) is 44.4 Å². The van der Waals surface area contributed by atoms with Gasteiger partial charge >= 0.3 is 0 Å². The number of benzene rings is 1. The molecule has 17 heavy (non-hydrogen) atoms. The van der Waals surface area contributed by atoms with Crippen molar-refractivity contribution in [3.8, 4) is 5.75 Å². The van der Waals surface area contributed by atoms with Crippen molar-refractivity contribution in [1.29, 1.82) is 0 Å². The molecular formula is C15H23NO. The van der Waals surface area contributed by atoms with Crippen LogP contribution in [0.1, 0.15) is 30.9 Å². The van der Waals surface area contributed by atoms with Crippen molar-refractivity contribution in [2.45, 2.75) is 39.2 Å². The Labute approximate surface area is 104 Å². The van der Waals surface area contributed by atoms with Crippen LogP contribution in [0, 0.1) is 12.3 Å². The van der Waals surface area contributed by atoms with Gasteiger partial charge in [0.25, 0.3) is 0 Å². The van der Waals surface area contributed by atoms with Gasteiger partial charge in [-0.15, -0.1) is 0 Å². The molecule has 0 aliphatic heterocycles. The Kier molecular flexibility index (Phi) is 3.43. The summed E-state index contributed by atoms with van der Waals surface area (Å²) in [7, 11) is 3.81. The zero-order chi connectivity index (χ0) is 12.5. The second-order valence-corrected chi connectivity index (χ2v) is 5.36. The molecule has 1 saturated carbocycles. The number of rotatable bonds is 5. The predicted molar refractivity (Wildman–Crippen MR) is 71.6 cm³/mol. The van der Waals surface area contributed by atoms with Crippen LogP contribution in [0.4, 0.5) is 0 Å². The van der Waals surface area contributed by atoms with Crippen LogP contribution >= 0.6 is 0 Å². The Hall–Kier alpha value is -1.02. The van der Waals surface area contributed by atoms with Gasteiger partial charge in [0, 0.05) is 6.04 Å². The Bertz CT molecular complexity index is 396. The van der Waals surface area contributed by atoms with E-state index in [-0.39, 0.29) is 0 Å². The van der Waals surface area contributed by atoms with Crippen LogP contribution in [0.15, 0.2) is 18.2 Å². The highest BCUT2D eigenvalue weighted by molar-refractivity contribution is 5.38. The SMILES string of the molecule is CNC(C)C1(Cc2cc(C)ccc2OC)CC1. The Morgan fingerprint density at radius 2 is 2.12 bits per heavy atom. The van der Waals surface area contributed by atoms with Crippen molar-refractivity contribution in [3.05, 3.63) is 29.3 Å². The monoisotopic (exact) mass is 233 g/mol. The van der Waals surface area contributed by atoms with E-state index < -0.39 is 0 Å². The first kappa shape index (κ1) is 12.4. The number of nitrogens with one attached hydrogen (secondary N) is 1. The van der Waals surface area contributed by atoms with E-state index in [4.69, 9.17) is 4.74 Å². The van der Waals surface area contributed by atoms with Gasteiger partial charge in [-0.2, -0.15) is 0 Å². The summed E-state index contributed by atoms with van der Waals surface area (Å²) < 4.78 is 5.47. The summed E-state index contributed by atoms with van der Waals surface area (Å²) in [6.07, 6.45) is 3.78. The lowest BCUT2D eigenvalue weighted by Gasteiger charge is -2.24. The van der Waals surface area contributed by atoms with Crippen molar-refractivity contribution in [3.63, 3.8) is 0 Å². The van der Waals surface area contributed by atoms with Gasteiger partial charge in [-0.25, -0.2) is 0 Å². The lowest BCUT2D eigenvalue weighted by atomic mass is 9.89. The van der Waals surface area contributed by atoms with Crippen molar-refractivity contribution in [2.75, 3.05) is 14.2 Å². The van der Waals surface area contributed by atoms with E-state index in [0.717, 1.165) is 12.2 Å². The maximum atomic E-state index is 5.47. The Morgan fingerprint density at radius 1 is 1.41 bits per heavy atom. The highest BCUT2D eigenvalue weighted by Crippen LogP contribution is 2.52. The summed E-state index contributed by atoms with van der Waals surface area (Å²) in [6.45, 7) is 4.43. The molecule has 2 rings (SSSR count). The van der Waals surface area contributed by atoms with Crippen molar-refractivity contribution in [1.82, 2.24) is 5.32 Å². The first-order valence-corrected chi connectivity index (χ1v) is 6.42. The third-order valence-corrected chi connectivity index (χ3v) is 4.22. The number of aryl methyl sites for hydroxylation is 1. The Balaban J connectivity index is 2.21. The molecule has 0 saturated heterocycles. The quantitative estimate of drug-likeness (QED) is 0.844. The minimum atomic E-state index is 0.454. The number of ether oxygens (including phenoxy) is 1. The average molecular weight is 233 g/mol. The highest BCUT2D eigenvalue weighted by Gasteiger charge is 2.46. The Morgan fingerprint density at radius 3 is 2.65 bits per heavy atom. The van der Waals surface area contributed by atoms with Crippen LogP contribution in [0.25, 0.3) is 0 Å². The molecular weight excluding hydrogens is 210 g/mol. The molecule has 1 fully saturated rings. The maximum absolute atomic E-state index is 5.47. The van der Waals surface area contributed by atoms with E-state index in [1.54, 1.807) is 7.11 Å². The lowest BCUT2D eigenvalue weighted by Crippen LogP contribution is -2.33. The molecule has 2 nitrogen and oxygen atoms in total. The standard InChI is InChI=1S/C15H23NO/c1-11-5-6-14(17-4)13(9-11)10-15(7-8-15)12(2)16-3/h5-6,9,12,16H,7-8,10H2,1-4H3. The van der Waals surface area contributed by atoms with Crippen molar-refractivity contribution < 1.29 is 4.74 Å². The van der Waals surface area contributed by atoms with E-state index in [0.29, 0.717) is 11.5 Å². The van der Waals surface area contributed by atoms with Gasteiger partial charge in [-0.05, 0) is 57.2 Å². The second kappa shape index (κ2) is 4.69. The van der Waals surface area contributed by atoms with E-state index in [1.807, 2.05) is 0 Å². The molecule has 0 aromatic heterocycles. The molecule has 1 aliphatic carbocycles. The summed E-state index contributed by atoms with van der Waals surface area (Å²) >= 11 is 0. The van der Waals surface area contributed by atoms with Gasteiger partial charge in [0.05, 0.1) is 7.11 Å². The fourth-order valence-corrected chi connectivity index (χ4v) is 2.65. The van der Waals surface area contributed by atoms with Crippen molar-refractivity contribution >= 4 is 0 Å². The second-order valence-electron chi connectivity index (χ2n) is 5.36. The molecule has 0 radical (unpaired) electrons. The van der Waals surface area contributed by atoms with Crippen LogP contribution in [0.3, 0.4) is 0 Å². The highest BCUT2D eigenvalue weighted by atomic mass is 16.5.